The van der Waals surface area contributed by atoms with Crippen molar-refractivity contribution >= 4 is 49.2 Å². The molecule has 1 aliphatic carbocycles. The van der Waals surface area contributed by atoms with Crippen molar-refractivity contribution in [3.05, 3.63) is 90.0 Å². The molecule has 0 radical (unpaired) electrons. The number of rotatable bonds is 0. The average Bonchev–Trinajstić information content (AvgIpc) is 2.71. The first-order valence-electron chi connectivity index (χ1n) is 9.34. The maximum Gasteiger partial charge on any atom is -0.00987 e. The lowest BCUT2D eigenvalue weighted by molar-refractivity contribution is 0.997. The number of fused-ring (bicyclic) bond motifs is 7. The third-order valence-corrected chi connectivity index (χ3v) is 5.85. The maximum absolute atomic E-state index is 2.43. The fraction of sp³-hybridized carbons (Fsp3) is 0.0769. The smallest absolute Gasteiger partial charge is 0.00987 e. The quantitative estimate of drug-likeness (QED) is 0.207. The van der Waals surface area contributed by atoms with E-state index in [4.69, 9.17) is 0 Å². The highest BCUT2D eigenvalue weighted by atomic mass is 14.2. The van der Waals surface area contributed by atoms with Gasteiger partial charge in [-0.3, -0.25) is 0 Å². The second-order valence-electron chi connectivity index (χ2n) is 7.35. The number of hydrogen-bond acceptors (Lipinski definition) is 0. The van der Waals surface area contributed by atoms with E-state index in [-0.39, 0.29) is 0 Å². The van der Waals surface area contributed by atoms with Crippen molar-refractivity contribution < 1.29 is 0 Å². The van der Waals surface area contributed by atoms with Crippen LogP contribution in [-0.2, 0) is 6.42 Å². The van der Waals surface area contributed by atoms with Crippen LogP contribution in [0.4, 0.5) is 0 Å². The Bertz CT molecular complexity index is 1370. The Balaban J connectivity index is 1.78. The van der Waals surface area contributed by atoms with Gasteiger partial charge in [-0.25, -0.2) is 0 Å². The van der Waals surface area contributed by atoms with Gasteiger partial charge in [0.05, 0.1) is 0 Å². The van der Waals surface area contributed by atoms with E-state index < -0.39 is 0 Å². The van der Waals surface area contributed by atoms with Gasteiger partial charge >= 0.3 is 0 Å². The lowest BCUT2D eigenvalue weighted by atomic mass is 9.89. The molecule has 0 spiro atoms. The number of hydrogen-bond donors (Lipinski definition) is 0. The molecule has 5 aromatic carbocycles. The molecule has 0 heterocycles. The van der Waals surface area contributed by atoms with Crippen LogP contribution in [0.5, 0.6) is 0 Å². The predicted molar refractivity (Wildman–Crippen MR) is 114 cm³/mol. The monoisotopic (exact) mass is 330 g/mol. The van der Waals surface area contributed by atoms with Crippen LogP contribution in [0.25, 0.3) is 49.2 Å². The van der Waals surface area contributed by atoms with E-state index in [2.05, 4.69) is 84.9 Å². The van der Waals surface area contributed by atoms with E-state index in [1.807, 2.05) is 0 Å². The van der Waals surface area contributed by atoms with Crippen molar-refractivity contribution in [2.24, 2.45) is 0 Å². The molecule has 0 saturated carbocycles. The Kier molecular flexibility index (Phi) is 2.81. The molecule has 0 aromatic heterocycles. The minimum atomic E-state index is 1.14. The van der Waals surface area contributed by atoms with Crippen LogP contribution in [0, 0.1) is 0 Å². The van der Waals surface area contributed by atoms with E-state index in [9.17, 15) is 0 Å². The molecule has 0 unspecified atom stereocenters. The van der Waals surface area contributed by atoms with Gasteiger partial charge in [-0.2, -0.15) is 0 Å². The first kappa shape index (κ1) is 14.1. The molecule has 0 heteroatoms. The number of benzene rings is 5. The van der Waals surface area contributed by atoms with Crippen molar-refractivity contribution in [1.29, 1.82) is 0 Å². The van der Waals surface area contributed by atoms with Gasteiger partial charge in [-0.15, -0.1) is 0 Å². The standard InChI is InChI=1S/C26H18/c1-2-7-19-15-24-20(13-18(19)6-1)11-12-22-14-21-10-9-17-5-3-4-8-23(17)25(21)16-26(22)24/h1-3,5-7,9-16H,4,8H2. The van der Waals surface area contributed by atoms with E-state index in [0.29, 0.717) is 0 Å². The van der Waals surface area contributed by atoms with Crippen LogP contribution < -0.4 is 0 Å². The van der Waals surface area contributed by atoms with Gasteiger partial charge in [0.15, 0.2) is 0 Å². The van der Waals surface area contributed by atoms with Crippen LogP contribution >= 0.6 is 0 Å². The van der Waals surface area contributed by atoms with Crippen molar-refractivity contribution in [1.82, 2.24) is 0 Å². The van der Waals surface area contributed by atoms with Crippen molar-refractivity contribution in [3.8, 4) is 0 Å². The molecular weight excluding hydrogens is 312 g/mol. The number of allylic oxidation sites excluding steroid dienone is 1. The molecule has 0 fully saturated rings. The van der Waals surface area contributed by atoms with Crippen LogP contribution in [-0.4, -0.2) is 0 Å². The largest absolute Gasteiger partial charge is 0.0836 e. The van der Waals surface area contributed by atoms with Crippen molar-refractivity contribution in [2.75, 3.05) is 0 Å². The molecule has 122 valence electrons. The Morgan fingerprint density at radius 3 is 2.04 bits per heavy atom. The normalized spacial score (nSPS) is 13.7. The molecule has 1 aliphatic rings. The van der Waals surface area contributed by atoms with Crippen LogP contribution in [0.1, 0.15) is 17.5 Å². The first-order chi connectivity index (χ1) is 12.9. The summed E-state index contributed by atoms with van der Waals surface area (Å²) < 4.78 is 0. The zero-order valence-electron chi connectivity index (χ0n) is 14.5. The first-order valence-corrected chi connectivity index (χ1v) is 9.34. The summed E-state index contributed by atoms with van der Waals surface area (Å²) in [6.45, 7) is 0. The third kappa shape index (κ3) is 1.96. The van der Waals surface area contributed by atoms with Crippen molar-refractivity contribution in [2.45, 2.75) is 12.8 Å². The van der Waals surface area contributed by atoms with Gasteiger partial charge in [0.1, 0.15) is 0 Å². The second-order valence-corrected chi connectivity index (χ2v) is 7.35. The molecule has 0 saturated heterocycles. The van der Waals surface area contributed by atoms with Gasteiger partial charge in [0.2, 0.25) is 0 Å². The average molecular weight is 330 g/mol. The Morgan fingerprint density at radius 1 is 0.538 bits per heavy atom. The van der Waals surface area contributed by atoms with E-state index in [1.54, 1.807) is 0 Å². The number of aryl methyl sites for hydroxylation is 1. The summed E-state index contributed by atoms with van der Waals surface area (Å²) >= 11 is 0. The van der Waals surface area contributed by atoms with Crippen LogP contribution in [0.3, 0.4) is 0 Å². The van der Waals surface area contributed by atoms with Gasteiger partial charge in [-0.05, 0) is 91.3 Å². The highest BCUT2D eigenvalue weighted by molar-refractivity contribution is 6.15. The van der Waals surface area contributed by atoms with Crippen LogP contribution in [0.2, 0.25) is 0 Å². The summed E-state index contributed by atoms with van der Waals surface area (Å²) in [5.74, 6) is 0. The van der Waals surface area contributed by atoms with Gasteiger partial charge in [0, 0.05) is 0 Å². The fourth-order valence-corrected chi connectivity index (χ4v) is 4.52. The zero-order chi connectivity index (χ0) is 17.1. The lowest BCUT2D eigenvalue weighted by Gasteiger charge is -2.15. The van der Waals surface area contributed by atoms with Crippen LogP contribution in [0.15, 0.2) is 78.9 Å². The van der Waals surface area contributed by atoms with Gasteiger partial charge in [0.25, 0.3) is 0 Å². The summed E-state index contributed by atoms with van der Waals surface area (Å²) in [5, 5.41) is 10.8. The summed E-state index contributed by atoms with van der Waals surface area (Å²) in [5.41, 5.74) is 2.89. The molecular formula is C26H18. The molecule has 0 atom stereocenters. The van der Waals surface area contributed by atoms with Gasteiger partial charge < -0.3 is 0 Å². The van der Waals surface area contributed by atoms with Crippen molar-refractivity contribution in [3.63, 3.8) is 0 Å². The molecule has 6 rings (SSSR count). The summed E-state index contributed by atoms with van der Waals surface area (Å²) in [4.78, 5) is 0. The van der Waals surface area contributed by atoms with E-state index in [0.717, 1.165) is 12.8 Å². The molecule has 0 amide bonds. The maximum atomic E-state index is 2.43. The fourth-order valence-electron chi connectivity index (χ4n) is 4.52. The summed E-state index contributed by atoms with van der Waals surface area (Å²) in [6, 6.07) is 27.2. The molecule has 26 heavy (non-hydrogen) atoms. The summed E-state index contributed by atoms with van der Waals surface area (Å²) in [7, 11) is 0. The minimum absolute atomic E-state index is 1.14. The lowest BCUT2D eigenvalue weighted by Crippen LogP contribution is -1.95. The van der Waals surface area contributed by atoms with Gasteiger partial charge in [-0.1, -0.05) is 60.7 Å². The molecule has 0 bridgehead atoms. The molecule has 0 aliphatic heterocycles. The molecule has 0 nitrogen and oxygen atoms in total. The van der Waals surface area contributed by atoms with E-state index >= 15 is 0 Å². The summed E-state index contributed by atoms with van der Waals surface area (Å²) in [6.07, 6.45) is 6.85. The molecule has 0 N–H and O–H groups in total. The Morgan fingerprint density at radius 2 is 1.19 bits per heavy atom. The predicted octanol–water partition coefficient (Wildman–Crippen LogP) is 7.26. The Labute approximate surface area is 152 Å². The second kappa shape index (κ2) is 5.19. The highest BCUT2D eigenvalue weighted by Gasteiger charge is 2.11. The Hall–Kier alpha value is -3.12. The zero-order valence-corrected chi connectivity index (χ0v) is 14.5. The topological polar surface area (TPSA) is 0 Å². The highest BCUT2D eigenvalue weighted by Crippen LogP contribution is 2.35. The molecule has 5 aromatic rings. The SMILES string of the molecule is C1=Cc2ccc3cc4ccc5cc6ccccc6cc5c4cc3c2CC1. The minimum Gasteiger partial charge on any atom is -0.0836 e. The van der Waals surface area contributed by atoms with E-state index in [1.165, 1.54) is 54.2 Å². The third-order valence-electron chi connectivity index (χ3n) is 5.85.